The molecule has 1 N–H and O–H groups in total. The number of nitrogens with one attached hydrogen (secondary N) is 1. The van der Waals surface area contributed by atoms with Gasteiger partial charge in [-0.25, -0.2) is 0 Å². The highest BCUT2D eigenvalue weighted by atomic mass is 15.1. The van der Waals surface area contributed by atoms with E-state index in [1.165, 1.54) is 31.5 Å². The third-order valence-corrected chi connectivity index (χ3v) is 5.78. The van der Waals surface area contributed by atoms with Crippen LogP contribution in [0.1, 0.15) is 29.5 Å². The maximum absolute atomic E-state index is 9.88. The summed E-state index contributed by atoms with van der Waals surface area (Å²) in [5, 5.41) is 13.1. The first-order chi connectivity index (χ1) is 14.3. The van der Waals surface area contributed by atoms with Crippen molar-refractivity contribution in [2.24, 2.45) is 0 Å². The van der Waals surface area contributed by atoms with Gasteiger partial charge in [0.15, 0.2) is 0 Å². The van der Waals surface area contributed by atoms with Crippen molar-refractivity contribution in [1.82, 2.24) is 14.9 Å². The van der Waals surface area contributed by atoms with Gasteiger partial charge in [-0.1, -0.05) is 30.3 Å². The maximum Gasteiger partial charge on any atom is 0.0998 e. The summed E-state index contributed by atoms with van der Waals surface area (Å²) in [5.74, 6) is 0. The van der Waals surface area contributed by atoms with E-state index in [1.807, 2.05) is 42.7 Å². The first kappa shape index (κ1) is 17.7. The Bertz CT molecular complexity index is 1250. The van der Waals surface area contributed by atoms with Crippen LogP contribution in [-0.4, -0.2) is 28.0 Å². The van der Waals surface area contributed by atoms with Gasteiger partial charge in [0.1, 0.15) is 0 Å². The number of rotatable bonds is 4. The topological polar surface area (TPSA) is 55.7 Å². The predicted molar refractivity (Wildman–Crippen MR) is 118 cm³/mol. The number of H-pyrrole nitrogens is 1. The molecule has 2 aromatic carbocycles. The normalized spacial score (nSPS) is 15.2. The molecule has 4 heteroatoms. The standard InChI is InChI=1S/C25H22N4/c26-14-21(13-19-4-3-5-20-15-27-9-8-22(19)20)24-16-28-25-12-18(6-7-23(24)25)17-29-10-1-2-11-29/h3-9,12-13,15-16,28H,1-2,10-11,17H2. The average Bonchev–Trinajstić information content (AvgIpc) is 3.42. The van der Waals surface area contributed by atoms with Crippen LogP contribution in [0.3, 0.4) is 0 Å². The summed E-state index contributed by atoms with van der Waals surface area (Å²) in [6, 6.07) is 17.0. The lowest BCUT2D eigenvalue weighted by Gasteiger charge is -2.14. The number of benzene rings is 2. The van der Waals surface area contributed by atoms with E-state index in [-0.39, 0.29) is 0 Å². The van der Waals surface area contributed by atoms with Crippen LogP contribution in [0.5, 0.6) is 0 Å². The lowest BCUT2D eigenvalue weighted by atomic mass is 9.99. The molecule has 0 atom stereocenters. The van der Waals surface area contributed by atoms with Crippen molar-refractivity contribution in [3.8, 4) is 6.07 Å². The second-order valence-electron chi connectivity index (χ2n) is 7.68. The van der Waals surface area contributed by atoms with Gasteiger partial charge in [-0.3, -0.25) is 9.88 Å². The predicted octanol–water partition coefficient (Wildman–Crippen LogP) is 5.38. The lowest BCUT2D eigenvalue weighted by molar-refractivity contribution is 0.331. The summed E-state index contributed by atoms with van der Waals surface area (Å²) in [7, 11) is 0. The molecule has 1 aliphatic heterocycles. The number of fused-ring (bicyclic) bond motifs is 2. The van der Waals surface area contributed by atoms with Gasteiger partial charge in [0, 0.05) is 47.0 Å². The van der Waals surface area contributed by atoms with Crippen molar-refractivity contribution in [2.75, 3.05) is 13.1 Å². The molecule has 0 radical (unpaired) electrons. The van der Waals surface area contributed by atoms with E-state index in [1.54, 1.807) is 6.20 Å². The molecule has 3 heterocycles. The van der Waals surface area contributed by atoms with Crippen LogP contribution in [0.15, 0.2) is 61.1 Å². The fourth-order valence-electron chi connectivity index (χ4n) is 4.29. The molecule has 0 spiro atoms. The molecule has 2 aromatic heterocycles. The van der Waals surface area contributed by atoms with Crippen LogP contribution in [0.2, 0.25) is 0 Å². The van der Waals surface area contributed by atoms with Crippen LogP contribution in [0.25, 0.3) is 33.3 Å². The van der Waals surface area contributed by atoms with Crippen molar-refractivity contribution in [2.45, 2.75) is 19.4 Å². The molecule has 0 saturated carbocycles. The Labute approximate surface area is 170 Å². The van der Waals surface area contributed by atoms with Crippen LogP contribution < -0.4 is 0 Å². The minimum atomic E-state index is 0.660. The average molecular weight is 378 g/mol. The summed E-state index contributed by atoms with van der Waals surface area (Å²) < 4.78 is 0. The quantitative estimate of drug-likeness (QED) is 0.485. The van der Waals surface area contributed by atoms with Crippen molar-refractivity contribution < 1.29 is 0 Å². The summed E-state index contributed by atoms with van der Waals surface area (Å²) in [5.41, 5.74) is 5.03. The number of nitriles is 1. The van der Waals surface area contributed by atoms with Crippen molar-refractivity contribution in [1.29, 1.82) is 5.26 Å². The number of allylic oxidation sites excluding steroid dienone is 1. The van der Waals surface area contributed by atoms with Crippen molar-refractivity contribution in [3.63, 3.8) is 0 Å². The van der Waals surface area contributed by atoms with E-state index < -0.39 is 0 Å². The number of likely N-dealkylation sites (tertiary alicyclic amines) is 1. The number of hydrogen-bond donors (Lipinski definition) is 1. The Morgan fingerprint density at radius 3 is 2.90 bits per heavy atom. The first-order valence-electron chi connectivity index (χ1n) is 10.1. The third-order valence-electron chi connectivity index (χ3n) is 5.78. The Morgan fingerprint density at radius 2 is 2.03 bits per heavy atom. The molecular formula is C25H22N4. The van der Waals surface area contributed by atoms with E-state index >= 15 is 0 Å². The van der Waals surface area contributed by atoms with Crippen LogP contribution in [0.4, 0.5) is 0 Å². The van der Waals surface area contributed by atoms with Gasteiger partial charge in [0.25, 0.3) is 0 Å². The molecule has 4 nitrogen and oxygen atoms in total. The Balaban J connectivity index is 1.53. The highest BCUT2D eigenvalue weighted by Gasteiger charge is 2.14. The first-order valence-corrected chi connectivity index (χ1v) is 10.1. The molecule has 142 valence electrons. The zero-order valence-corrected chi connectivity index (χ0v) is 16.2. The third kappa shape index (κ3) is 3.41. The van der Waals surface area contributed by atoms with Gasteiger partial charge in [-0.2, -0.15) is 5.26 Å². The molecule has 0 aliphatic carbocycles. The van der Waals surface area contributed by atoms with E-state index in [4.69, 9.17) is 0 Å². The van der Waals surface area contributed by atoms with Crippen LogP contribution in [-0.2, 0) is 6.54 Å². The minimum Gasteiger partial charge on any atom is -0.361 e. The Morgan fingerprint density at radius 1 is 1.14 bits per heavy atom. The second kappa shape index (κ2) is 7.54. The van der Waals surface area contributed by atoms with E-state index in [2.05, 4.69) is 39.1 Å². The molecule has 5 rings (SSSR count). The van der Waals surface area contributed by atoms with Gasteiger partial charge >= 0.3 is 0 Å². The summed E-state index contributed by atoms with van der Waals surface area (Å²) in [4.78, 5) is 10.1. The molecule has 1 saturated heterocycles. The van der Waals surface area contributed by atoms with E-state index in [0.717, 1.165) is 39.3 Å². The zero-order valence-electron chi connectivity index (χ0n) is 16.2. The fraction of sp³-hybridized carbons (Fsp3) is 0.200. The zero-order chi connectivity index (χ0) is 19.6. The van der Waals surface area contributed by atoms with Gasteiger partial charge in [-0.15, -0.1) is 0 Å². The van der Waals surface area contributed by atoms with Crippen molar-refractivity contribution in [3.05, 3.63) is 77.7 Å². The smallest absolute Gasteiger partial charge is 0.0998 e. The molecule has 4 aromatic rings. The Hall–Kier alpha value is -3.42. The maximum atomic E-state index is 9.88. The molecule has 1 aliphatic rings. The molecule has 0 unspecified atom stereocenters. The van der Waals surface area contributed by atoms with E-state index in [0.29, 0.717) is 5.57 Å². The number of pyridine rings is 1. The second-order valence-corrected chi connectivity index (χ2v) is 7.68. The number of aromatic amines is 1. The fourth-order valence-corrected chi connectivity index (χ4v) is 4.29. The van der Waals surface area contributed by atoms with Gasteiger partial charge < -0.3 is 4.98 Å². The van der Waals surface area contributed by atoms with Gasteiger partial charge in [0.05, 0.1) is 11.6 Å². The van der Waals surface area contributed by atoms with Crippen LogP contribution >= 0.6 is 0 Å². The number of hydrogen-bond acceptors (Lipinski definition) is 3. The SMILES string of the molecule is N#CC(=Cc1cccc2cnccc12)c1c[nH]c2cc(CN3CCCC3)ccc12. The molecular weight excluding hydrogens is 356 g/mol. The highest BCUT2D eigenvalue weighted by molar-refractivity contribution is 6.04. The highest BCUT2D eigenvalue weighted by Crippen LogP contribution is 2.29. The number of aromatic nitrogens is 2. The number of nitrogens with zero attached hydrogens (tertiary/aromatic N) is 3. The van der Waals surface area contributed by atoms with E-state index in [9.17, 15) is 5.26 Å². The summed E-state index contributed by atoms with van der Waals surface area (Å²) >= 11 is 0. The Kier molecular flexibility index (Phi) is 4.59. The van der Waals surface area contributed by atoms with Gasteiger partial charge in [0.2, 0.25) is 0 Å². The van der Waals surface area contributed by atoms with Crippen molar-refractivity contribution >= 4 is 33.3 Å². The van der Waals surface area contributed by atoms with Crippen LogP contribution in [0, 0.1) is 11.3 Å². The lowest BCUT2D eigenvalue weighted by Crippen LogP contribution is -2.18. The van der Waals surface area contributed by atoms with Gasteiger partial charge in [-0.05, 0) is 60.7 Å². The monoisotopic (exact) mass is 378 g/mol. The summed E-state index contributed by atoms with van der Waals surface area (Å²) in [6.45, 7) is 3.38. The minimum absolute atomic E-state index is 0.660. The molecule has 1 fully saturated rings. The molecule has 0 amide bonds. The molecule has 29 heavy (non-hydrogen) atoms. The largest absolute Gasteiger partial charge is 0.361 e. The summed E-state index contributed by atoms with van der Waals surface area (Å²) in [6.07, 6.45) is 10.2. The molecule has 0 bridgehead atoms.